The van der Waals surface area contributed by atoms with Crippen molar-refractivity contribution in [1.29, 1.82) is 0 Å². The zero-order chi connectivity index (χ0) is 12.8. The van der Waals surface area contributed by atoms with Gasteiger partial charge in [0.25, 0.3) is 0 Å². The molecule has 0 radical (unpaired) electrons. The molecule has 0 aliphatic rings. The summed E-state index contributed by atoms with van der Waals surface area (Å²) in [5.74, 6) is -0.403. The first-order valence-electron chi connectivity index (χ1n) is 4.91. The van der Waals surface area contributed by atoms with Crippen LogP contribution in [0.5, 0.6) is 0 Å². The van der Waals surface area contributed by atoms with E-state index in [9.17, 15) is 9.18 Å². The van der Waals surface area contributed by atoms with Gasteiger partial charge in [-0.3, -0.25) is 4.79 Å². The minimum absolute atomic E-state index is 0.307. The molecule has 0 spiro atoms. The molecule has 6 heteroatoms. The molecule has 0 aliphatic carbocycles. The number of methoxy groups -OCH3 is 1. The Kier molecular flexibility index (Phi) is 5.94. The van der Waals surface area contributed by atoms with Crippen LogP contribution in [0.4, 0.5) is 4.39 Å². The number of halogens is 2. The Morgan fingerprint density at radius 2 is 2.35 bits per heavy atom. The molecule has 1 aromatic carbocycles. The Morgan fingerprint density at radius 3 is 2.88 bits per heavy atom. The molecule has 1 amide bonds. The van der Waals surface area contributed by atoms with E-state index in [4.69, 9.17) is 10.5 Å². The second-order valence-electron chi connectivity index (χ2n) is 3.31. The van der Waals surface area contributed by atoms with Gasteiger partial charge in [-0.15, -0.1) is 11.8 Å². The van der Waals surface area contributed by atoms with Gasteiger partial charge in [-0.1, -0.05) is 22.0 Å². The lowest BCUT2D eigenvalue weighted by atomic mass is 10.1. The molecule has 1 atom stereocenters. The molecule has 0 aliphatic heterocycles. The van der Waals surface area contributed by atoms with Crippen LogP contribution in [-0.2, 0) is 9.53 Å². The maximum Gasteiger partial charge on any atom is 0.235 e. The van der Waals surface area contributed by atoms with Crippen molar-refractivity contribution in [3.05, 3.63) is 34.1 Å². The first kappa shape index (κ1) is 14.5. The SMILES string of the molecule is COCCS[C@@H](C(N)=O)c1ccc(Br)cc1F. The molecule has 17 heavy (non-hydrogen) atoms. The molecule has 0 unspecified atom stereocenters. The first-order valence-corrected chi connectivity index (χ1v) is 6.75. The van der Waals surface area contributed by atoms with Gasteiger partial charge >= 0.3 is 0 Å². The predicted molar refractivity (Wildman–Crippen MR) is 70.4 cm³/mol. The summed E-state index contributed by atoms with van der Waals surface area (Å²) in [5.41, 5.74) is 5.59. The van der Waals surface area contributed by atoms with Gasteiger partial charge < -0.3 is 10.5 Å². The van der Waals surface area contributed by atoms with Gasteiger partial charge in [0, 0.05) is 22.9 Å². The Hall–Kier alpha value is -0.590. The summed E-state index contributed by atoms with van der Waals surface area (Å²) >= 11 is 4.44. The smallest absolute Gasteiger partial charge is 0.235 e. The van der Waals surface area contributed by atoms with Crippen LogP contribution in [0, 0.1) is 5.82 Å². The van der Waals surface area contributed by atoms with Crippen LogP contribution in [0.25, 0.3) is 0 Å². The molecule has 1 rings (SSSR count). The van der Waals surface area contributed by atoms with Gasteiger partial charge in [0.1, 0.15) is 11.1 Å². The van der Waals surface area contributed by atoms with E-state index in [1.54, 1.807) is 19.2 Å². The van der Waals surface area contributed by atoms with Crippen molar-refractivity contribution < 1.29 is 13.9 Å². The highest BCUT2D eigenvalue weighted by Gasteiger charge is 2.21. The number of carbonyl (C=O) groups is 1. The van der Waals surface area contributed by atoms with Gasteiger partial charge in [-0.05, 0) is 12.1 Å². The lowest BCUT2D eigenvalue weighted by Crippen LogP contribution is -2.20. The van der Waals surface area contributed by atoms with E-state index in [-0.39, 0.29) is 0 Å². The van der Waals surface area contributed by atoms with E-state index >= 15 is 0 Å². The third-order valence-electron chi connectivity index (χ3n) is 2.08. The lowest BCUT2D eigenvalue weighted by Gasteiger charge is -2.14. The van der Waals surface area contributed by atoms with Crippen molar-refractivity contribution in [2.24, 2.45) is 5.73 Å². The van der Waals surface area contributed by atoms with E-state index in [0.717, 1.165) is 0 Å². The molecule has 94 valence electrons. The highest BCUT2D eigenvalue weighted by molar-refractivity contribution is 9.10. The van der Waals surface area contributed by atoms with Gasteiger partial charge in [-0.2, -0.15) is 0 Å². The van der Waals surface area contributed by atoms with Crippen LogP contribution < -0.4 is 5.73 Å². The fourth-order valence-corrected chi connectivity index (χ4v) is 2.66. The van der Waals surface area contributed by atoms with E-state index < -0.39 is 17.0 Å². The van der Waals surface area contributed by atoms with Gasteiger partial charge in [-0.25, -0.2) is 4.39 Å². The average molecular weight is 322 g/mol. The zero-order valence-electron chi connectivity index (χ0n) is 9.28. The number of nitrogens with two attached hydrogens (primary N) is 1. The standard InChI is InChI=1S/C11H13BrFNO2S/c1-16-4-5-17-10(11(14)15)8-3-2-7(12)6-9(8)13/h2-3,6,10H,4-5H2,1H3,(H2,14,15)/t10-/m1/s1. The molecule has 0 saturated carbocycles. The number of amides is 1. The minimum Gasteiger partial charge on any atom is -0.384 e. The number of hydrogen-bond acceptors (Lipinski definition) is 3. The second kappa shape index (κ2) is 6.98. The molecule has 1 aromatic rings. The molecule has 3 nitrogen and oxygen atoms in total. The van der Waals surface area contributed by atoms with Crippen molar-refractivity contribution in [3.8, 4) is 0 Å². The summed E-state index contributed by atoms with van der Waals surface area (Å²) in [5, 5.41) is -0.682. The molecule has 0 bridgehead atoms. The van der Waals surface area contributed by atoms with Crippen LogP contribution >= 0.6 is 27.7 Å². The number of thioether (sulfide) groups is 1. The van der Waals surface area contributed by atoms with Crippen molar-refractivity contribution >= 4 is 33.6 Å². The van der Waals surface area contributed by atoms with Gasteiger partial charge in [0.2, 0.25) is 5.91 Å². The molecule has 2 N–H and O–H groups in total. The van der Waals surface area contributed by atoms with E-state index in [1.165, 1.54) is 17.8 Å². The maximum atomic E-state index is 13.7. The Morgan fingerprint density at radius 1 is 1.65 bits per heavy atom. The quantitative estimate of drug-likeness (QED) is 0.819. The number of carbonyl (C=O) groups excluding carboxylic acids is 1. The summed E-state index contributed by atoms with van der Waals surface area (Å²) in [7, 11) is 1.57. The third kappa shape index (κ3) is 4.29. The molecular weight excluding hydrogens is 309 g/mol. The van der Waals surface area contributed by atoms with Crippen LogP contribution in [0.15, 0.2) is 22.7 Å². The summed E-state index contributed by atoms with van der Waals surface area (Å²) in [6.45, 7) is 0.493. The highest BCUT2D eigenvalue weighted by atomic mass is 79.9. The van der Waals surface area contributed by atoms with Crippen molar-refractivity contribution in [2.75, 3.05) is 19.5 Å². The molecular formula is C11H13BrFNO2S. The fourth-order valence-electron chi connectivity index (χ4n) is 1.29. The summed E-state index contributed by atoms with van der Waals surface area (Å²) < 4.78 is 19.2. The molecule has 0 heterocycles. The average Bonchev–Trinajstić information content (AvgIpc) is 2.25. The van der Waals surface area contributed by atoms with E-state index in [0.29, 0.717) is 22.4 Å². The summed E-state index contributed by atoms with van der Waals surface area (Å²) in [6.07, 6.45) is 0. The zero-order valence-corrected chi connectivity index (χ0v) is 11.7. The number of primary amides is 1. The van der Waals surface area contributed by atoms with Crippen LogP contribution in [0.2, 0.25) is 0 Å². The molecule has 0 saturated heterocycles. The van der Waals surface area contributed by atoms with E-state index in [1.807, 2.05) is 0 Å². The van der Waals surface area contributed by atoms with Crippen molar-refractivity contribution in [1.82, 2.24) is 0 Å². The summed E-state index contributed by atoms with van der Waals surface area (Å²) in [4.78, 5) is 11.3. The number of hydrogen-bond donors (Lipinski definition) is 1. The number of rotatable bonds is 6. The minimum atomic E-state index is -0.682. The van der Waals surface area contributed by atoms with E-state index in [2.05, 4.69) is 15.9 Å². The number of benzene rings is 1. The molecule has 0 aromatic heterocycles. The Bertz CT molecular complexity index is 403. The largest absolute Gasteiger partial charge is 0.384 e. The predicted octanol–water partition coefficient (Wildman–Crippen LogP) is 2.49. The number of ether oxygens (including phenoxy) is 1. The van der Waals surface area contributed by atoms with Crippen LogP contribution in [0.3, 0.4) is 0 Å². The second-order valence-corrected chi connectivity index (χ2v) is 5.44. The normalized spacial score (nSPS) is 12.4. The lowest BCUT2D eigenvalue weighted by molar-refractivity contribution is -0.117. The van der Waals surface area contributed by atoms with Crippen LogP contribution in [0.1, 0.15) is 10.8 Å². The third-order valence-corrected chi connectivity index (χ3v) is 3.79. The highest BCUT2D eigenvalue weighted by Crippen LogP contribution is 2.31. The summed E-state index contributed by atoms with van der Waals surface area (Å²) in [6, 6.07) is 4.57. The van der Waals surface area contributed by atoms with Gasteiger partial charge in [0.05, 0.1) is 6.61 Å². The Labute approximate surface area is 112 Å². The maximum absolute atomic E-state index is 13.7. The topological polar surface area (TPSA) is 52.3 Å². The van der Waals surface area contributed by atoms with Gasteiger partial charge in [0.15, 0.2) is 0 Å². The van der Waals surface area contributed by atoms with Crippen molar-refractivity contribution in [3.63, 3.8) is 0 Å². The van der Waals surface area contributed by atoms with Crippen molar-refractivity contribution in [2.45, 2.75) is 5.25 Å². The van der Waals surface area contributed by atoms with Crippen LogP contribution in [-0.4, -0.2) is 25.4 Å². The fraction of sp³-hybridized carbons (Fsp3) is 0.364. The first-order chi connectivity index (χ1) is 8.06. The Balaban J connectivity index is 2.86. The molecule has 0 fully saturated rings. The monoisotopic (exact) mass is 321 g/mol.